The first-order chi connectivity index (χ1) is 10.3. The summed E-state index contributed by atoms with van der Waals surface area (Å²) in [5.41, 5.74) is 0.814. The van der Waals surface area contributed by atoms with E-state index >= 15 is 0 Å². The molecule has 3 rings (SSSR count). The topological polar surface area (TPSA) is 62.5 Å². The van der Waals surface area contributed by atoms with Gasteiger partial charge in [-0.1, -0.05) is 18.2 Å². The second-order valence-electron chi connectivity index (χ2n) is 5.48. The Morgan fingerprint density at radius 1 is 1.43 bits per heavy atom. The summed E-state index contributed by atoms with van der Waals surface area (Å²) >= 11 is 0. The molecule has 0 aliphatic heterocycles. The molecule has 1 unspecified atom stereocenters. The summed E-state index contributed by atoms with van der Waals surface area (Å²) in [5.74, 6) is 1.05. The predicted octanol–water partition coefficient (Wildman–Crippen LogP) is 2.72. The average Bonchev–Trinajstić information content (AvgIpc) is 3.24. The summed E-state index contributed by atoms with van der Waals surface area (Å²) in [6, 6.07) is 9.74. The fourth-order valence-electron chi connectivity index (χ4n) is 2.54. The molecule has 0 bridgehead atoms. The molecule has 1 aromatic carbocycles. The fourth-order valence-corrected chi connectivity index (χ4v) is 2.54. The number of para-hydroxylation sites is 1. The summed E-state index contributed by atoms with van der Waals surface area (Å²) in [4.78, 5) is 11.9. The van der Waals surface area contributed by atoms with Crippen LogP contribution in [0, 0.1) is 5.92 Å². The number of aliphatic hydroxyl groups is 1. The van der Waals surface area contributed by atoms with Gasteiger partial charge in [-0.3, -0.25) is 4.79 Å². The Hall–Kier alpha value is -2.07. The summed E-state index contributed by atoms with van der Waals surface area (Å²) in [7, 11) is 0. The molecule has 110 valence electrons. The van der Waals surface area contributed by atoms with Crippen molar-refractivity contribution in [2.45, 2.75) is 25.3 Å². The first kappa shape index (κ1) is 13.9. The zero-order chi connectivity index (χ0) is 14.7. The van der Waals surface area contributed by atoms with Crippen LogP contribution in [0.5, 0.6) is 0 Å². The van der Waals surface area contributed by atoms with Gasteiger partial charge in [0.1, 0.15) is 11.3 Å². The zero-order valence-corrected chi connectivity index (χ0v) is 11.8. The van der Waals surface area contributed by atoms with E-state index in [9.17, 15) is 4.79 Å². The lowest BCUT2D eigenvalue weighted by atomic mass is 10.1. The van der Waals surface area contributed by atoms with Crippen molar-refractivity contribution >= 4 is 23.0 Å². The van der Waals surface area contributed by atoms with Gasteiger partial charge in [0, 0.05) is 24.1 Å². The Balaban J connectivity index is 1.63. The molecule has 4 heteroatoms. The Kier molecular flexibility index (Phi) is 4.06. The number of fused-ring (bicyclic) bond motifs is 1. The number of benzene rings is 1. The second kappa shape index (κ2) is 6.14. The third kappa shape index (κ3) is 3.52. The maximum atomic E-state index is 11.9. The molecule has 0 radical (unpaired) electrons. The molecule has 21 heavy (non-hydrogen) atoms. The van der Waals surface area contributed by atoms with Crippen LogP contribution < -0.4 is 5.32 Å². The van der Waals surface area contributed by atoms with Crippen molar-refractivity contribution in [3.63, 3.8) is 0 Å². The van der Waals surface area contributed by atoms with Gasteiger partial charge in [0.2, 0.25) is 5.91 Å². The summed E-state index contributed by atoms with van der Waals surface area (Å²) in [6.07, 6.45) is 6.06. The lowest BCUT2D eigenvalue weighted by Gasteiger charge is -2.15. The van der Waals surface area contributed by atoms with Crippen LogP contribution in [0.25, 0.3) is 17.0 Å². The van der Waals surface area contributed by atoms with Crippen molar-refractivity contribution in [1.29, 1.82) is 0 Å². The fraction of sp³-hybridized carbons (Fsp3) is 0.353. The first-order valence-electron chi connectivity index (χ1n) is 7.34. The average molecular weight is 285 g/mol. The Bertz CT molecular complexity index is 622. The van der Waals surface area contributed by atoms with E-state index in [2.05, 4.69) is 5.32 Å². The minimum absolute atomic E-state index is 0.0859. The Morgan fingerprint density at radius 2 is 2.24 bits per heavy atom. The number of furan rings is 1. The van der Waals surface area contributed by atoms with Crippen LogP contribution in [-0.2, 0) is 4.79 Å². The molecule has 2 N–H and O–H groups in total. The number of rotatable bonds is 6. The highest BCUT2D eigenvalue weighted by Gasteiger charge is 2.31. The summed E-state index contributed by atoms with van der Waals surface area (Å²) in [5, 5.41) is 13.0. The van der Waals surface area contributed by atoms with Crippen LogP contribution in [-0.4, -0.2) is 23.7 Å². The standard InChI is InChI=1S/C17H19NO3/c19-10-9-15(12-5-6-12)18-17(20)8-7-14-11-13-3-1-2-4-16(13)21-14/h1-4,7-8,11-12,15,19H,5-6,9-10H2,(H,18,20)/b8-7+. The quantitative estimate of drug-likeness (QED) is 0.802. The van der Waals surface area contributed by atoms with Crippen molar-refractivity contribution in [3.8, 4) is 0 Å². The number of amides is 1. The monoisotopic (exact) mass is 285 g/mol. The molecule has 1 aliphatic rings. The van der Waals surface area contributed by atoms with Crippen LogP contribution in [0.2, 0.25) is 0 Å². The molecule has 1 atom stereocenters. The normalized spacial score (nSPS) is 16.4. The van der Waals surface area contributed by atoms with E-state index in [1.54, 1.807) is 6.08 Å². The molecule has 1 aromatic heterocycles. The van der Waals surface area contributed by atoms with Crippen molar-refractivity contribution in [3.05, 3.63) is 42.2 Å². The molecule has 1 fully saturated rings. The maximum absolute atomic E-state index is 11.9. The molecule has 1 saturated carbocycles. The van der Waals surface area contributed by atoms with Gasteiger partial charge in [-0.25, -0.2) is 0 Å². The highest BCUT2D eigenvalue weighted by Crippen LogP contribution is 2.33. The smallest absolute Gasteiger partial charge is 0.244 e. The lowest BCUT2D eigenvalue weighted by molar-refractivity contribution is -0.117. The van der Waals surface area contributed by atoms with E-state index < -0.39 is 0 Å². The van der Waals surface area contributed by atoms with Gasteiger partial charge in [-0.2, -0.15) is 0 Å². The van der Waals surface area contributed by atoms with Crippen molar-refractivity contribution in [1.82, 2.24) is 5.32 Å². The van der Waals surface area contributed by atoms with Crippen LogP contribution in [0.3, 0.4) is 0 Å². The van der Waals surface area contributed by atoms with Gasteiger partial charge in [-0.15, -0.1) is 0 Å². The van der Waals surface area contributed by atoms with Crippen LogP contribution >= 0.6 is 0 Å². The molecule has 1 aliphatic carbocycles. The molecule has 0 saturated heterocycles. The third-order valence-electron chi connectivity index (χ3n) is 3.80. The molecule has 1 amide bonds. The van der Waals surface area contributed by atoms with E-state index in [0.29, 0.717) is 18.1 Å². The van der Waals surface area contributed by atoms with Gasteiger partial charge < -0.3 is 14.8 Å². The molecule has 4 nitrogen and oxygen atoms in total. The molecular formula is C17H19NO3. The van der Waals surface area contributed by atoms with Crippen LogP contribution in [0.4, 0.5) is 0 Å². The largest absolute Gasteiger partial charge is 0.457 e. The molecular weight excluding hydrogens is 266 g/mol. The minimum atomic E-state index is -0.138. The van der Waals surface area contributed by atoms with Crippen molar-refractivity contribution in [2.75, 3.05) is 6.61 Å². The van der Waals surface area contributed by atoms with Crippen molar-refractivity contribution in [2.24, 2.45) is 5.92 Å². The highest BCUT2D eigenvalue weighted by molar-refractivity contribution is 5.92. The van der Waals surface area contributed by atoms with E-state index in [-0.39, 0.29) is 18.6 Å². The lowest BCUT2D eigenvalue weighted by Crippen LogP contribution is -2.36. The zero-order valence-electron chi connectivity index (χ0n) is 11.8. The van der Waals surface area contributed by atoms with Gasteiger partial charge in [-0.05, 0) is 43.4 Å². The molecule has 1 heterocycles. The van der Waals surface area contributed by atoms with Crippen LogP contribution in [0.15, 0.2) is 40.8 Å². The van der Waals surface area contributed by atoms with Crippen molar-refractivity contribution < 1.29 is 14.3 Å². The van der Waals surface area contributed by atoms with E-state index in [1.807, 2.05) is 30.3 Å². The first-order valence-corrected chi connectivity index (χ1v) is 7.34. The van der Waals surface area contributed by atoms with E-state index in [4.69, 9.17) is 9.52 Å². The van der Waals surface area contributed by atoms with Gasteiger partial charge in [0.15, 0.2) is 0 Å². The summed E-state index contributed by atoms with van der Waals surface area (Å²) in [6.45, 7) is 0.106. The van der Waals surface area contributed by atoms with E-state index in [0.717, 1.165) is 23.8 Å². The number of aliphatic hydroxyl groups excluding tert-OH is 1. The number of hydrogen-bond acceptors (Lipinski definition) is 3. The summed E-state index contributed by atoms with van der Waals surface area (Å²) < 4.78 is 5.62. The van der Waals surface area contributed by atoms with Gasteiger partial charge in [0.05, 0.1) is 0 Å². The Labute approximate surface area is 123 Å². The number of hydrogen-bond donors (Lipinski definition) is 2. The van der Waals surface area contributed by atoms with Gasteiger partial charge in [0.25, 0.3) is 0 Å². The predicted molar refractivity (Wildman–Crippen MR) is 81.6 cm³/mol. The third-order valence-corrected chi connectivity index (χ3v) is 3.80. The molecule has 0 spiro atoms. The Morgan fingerprint density at radius 3 is 2.95 bits per heavy atom. The molecule has 2 aromatic rings. The van der Waals surface area contributed by atoms with Crippen LogP contribution in [0.1, 0.15) is 25.0 Å². The van der Waals surface area contributed by atoms with Gasteiger partial charge >= 0.3 is 0 Å². The van der Waals surface area contributed by atoms with E-state index in [1.165, 1.54) is 6.08 Å². The highest BCUT2D eigenvalue weighted by atomic mass is 16.3. The number of nitrogens with one attached hydrogen (secondary N) is 1. The maximum Gasteiger partial charge on any atom is 0.244 e. The minimum Gasteiger partial charge on any atom is -0.457 e. The second-order valence-corrected chi connectivity index (χ2v) is 5.48. The number of carbonyl (C=O) groups is 1. The number of carbonyl (C=O) groups excluding carboxylic acids is 1. The SMILES string of the molecule is O=C(/C=C/c1cc2ccccc2o1)NC(CCO)C1CC1.